The minimum atomic E-state index is 0.0469. The molecule has 20 heavy (non-hydrogen) atoms. The van der Waals surface area contributed by atoms with Crippen LogP contribution in [0.4, 0.5) is 0 Å². The van der Waals surface area contributed by atoms with E-state index < -0.39 is 0 Å². The second-order valence-electron chi connectivity index (χ2n) is 6.63. The Morgan fingerprint density at radius 3 is 2.40 bits per heavy atom. The number of methoxy groups -OCH3 is 1. The van der Waals surface area contributed by atoms with Crippen molar-refractivity contribution >= 4 is 0 Å². The van der Waals surface area contributed by atoms with Crippen molar-refractivity contribution in [3.63, 3.8) is 0 Å². The Morgan fingerprint density at radius 1 is 1.30 bits per heavy atom. The van der Waals surface area contributed by atoms with E-state index in [4.69, 9.17) is 10.5 Å². The van der Waals surface area contributed by atoms with Crippen molar-refractivity contribution in [1.82, 2.24) is 0 Å². The van der Waals surface area contributed by atoms with Gasteiger partial charge < -0.3 is 15.6 Å². The molecule has 1 rings (SSSR count). The normalized spacial score (nSPS) is 14.9. The molecule has 1 aromatic carbocycles. The molecule has 0 aliphatic rings. The molecule has 114 valence electrons. The van der Waals surface area contributed by atoms with Crippen LogP contribution in [0, 0.1) is 5.92 Å². The van der Waals surface area contributed by atoms with Gasteiger partial charge in [-0.25, -0.2) is 0 Å². The lowest BCUT2D eigenvalue weighted by molar-refractivity contribution is 0.217. The number of aliphatic hydroxyl groups excluding tert-OH is 1. The Morgan fingerprint density at radius 2 is 1.95 bits per heavy atom. The summed E-state index contributed by atoms with van der Waals surface area (Å²) < 4.78 is 5.47. The van der Waals surface area contributed by atoms with Gasteiger partial charge in [0.15, 0.2) is 0 Å². The van der Waals surface area contributed by atoms with E-state index in [0.717, 1.165) is 12.2 Å². The van der Waals surface area contributed by atoms with E-state index in [2.05, 4.69) is 39.8 Å². The van der Waals surface area contributed by atoms with Crippen LogP contribution in [0.3, 0.4) is 0 Å². The zero-order chi connectivity index (χ0) is 15.3. The van der Waals surface area contributed by atoms with Gasteiger partial charge in [-0.05, 0) is 47.4 Å². The fraction of sp³-hybridized carbons (Fsp3) is 0.647. The molecule has 3 heteroatoms. The third-order valence-electron chi connectivity index (χ3n) is 3.88. The summed E-state index contributed by atoms with van der Waals surface area (Å²) in [6.07, 6.45) is 0.906. The van der Waals surface area contributed by atoms with E-state index in [-0.39, 0.29) is 17.9 Å². The Labute approximate surface area is 123 Å². The van der Waals surface area contributed by atoms with Crippen LogP contribution in [0.5, 0.6) is 5.75 Å². The molecule has 0 saturated carbocycles. The summed E-state index contributed by atoms with van der Waals surface area (Å²) in [6.45, 7) is 9.44. The van der Waals surface area contributed by atoms with Crippen molar-refractivity contribution in [1.29, 1.82) is 0 Å². The van der Waals surface area contributed by atoms with Gasteiger partial charge in [0.25, 0.3) is 0 Å². The number of aliphatic hydroxyl groups is 1. The average Bonchev–Trinajstić information content (AvgIpc) is 2.42. The Balaban J connectivity index is 3.02. The van der Waals surface area contributed by atoms with Crippen LogP contribution in [0.1, 0.15) is 51.2 Å². The lowest BCUT2D eigenvalue weighted by Crippen LogP contribution is -2.20. The highest BCUT2D eigenvalue weighted by atomic mass is 16.5. The fourth-order valence-electron chi connectivity index (χ4n) is 2.50. The lowest BCUT2D eigenvalue weighted by Gasteiger charge is -2.25. The molecule has 0 spiro atoms. The number of hydrogen-bond acceptors (Lipinski definition) is 3. The van der Waals surface area contributed by atoms with Crippen LogP contribution in [0.2, 0.25) is 0 Å². The van der Waals surface area contributed by atoms with Crippen LogP contribution in [-0.4, -0.2) is 25.4 Å². The first-order valence-corrected chi connectivity index (χ1v) is 7.32. The van der Waals surface area contributed by atoms with Crippen molar-refractivity contribution in [3.8, 4) is 5.75 Å². The van der Waals surface area contributed by atoms with Crippen molar-refractivity contribution in [2.45, 2.75) is 45.4 Å². The number of hydrogen-bond donors (Lipinski definition) is 2. The number of rotatable bonds is 6. The molecule has 3 nitrogen and oxygen atoms in total. The molecule has 0 amide bonds. The highest BCUT2D eigenvalue weighted by Crippen LogP contribution is 2.35. The van der Waals surface area contributed by atoms with Crippen molar-refractivity contribution in [3.05, 3.63) is 29.3 Å². The minimum Gasteiger partial charge on any atom is -0.496 e. The minimum absolute atomic E-state index is 0.0469. The number of nitrogens with two attached hydrogens (primary N) is 1. The molecule has 3 N–H and O–H groups in total. The molecule has 0 saturated heterocycles. The maximum atomic E-state index is 9.29. The van der Waals surface area contributed by atoms with Crippen LogP contribution >= 0.6 is 0 Å². The van der Waals surface area contributed by atoms with E-state index in [1.165, 1.54) is 11.1 Å². The van der Waals surface area contributed by atoms with Crippen LogP contribution < -0.4 is 10.5 Å². The molecule has 0 bridgehead atoms. The van der Waals surface area contributed by atoms with Gasteiger partial charge in [-0.3, -0.25) is 0 Å². The summed E-state index contributed by atoms with van der Waals surface area (Å²) in [7, 11) is 1.71. The first-order valence-electron chi connectivity index (χ1n) is 7.32. The third-order valence-corrected chi connectivity index (χ3v) is 3.88. The third kappa shape index (κ3) is 4.22. The van der Waals surface area contributed by atoms with Gasteiger partial charge in [-0.15, -0.1) is 0 Å². The molecule has 0 fully saturated rings. The zero-order valence-corrected chi connectivity index (χ0v) is 13.4. The second-order valence-corrected chi connectivity index (χ2v) is 6.63. The predicted molar refractivity (Wildman–Crippen MR) is 84.4 cm³/mol. The molecular formula is C17H29NO2. The summed E-state index contributed by atoms with van der Waals surface area (Å²) in [5.74, 6) is 1.49. The van der Waals surface area contributed by atoms with Crippen molar-refractivity contribution in [2.75, 3.05) is 20.3 Å². The van der Waals surface area contributed by atoms with Crippen molar-refractivity contribution in [2.24, 2.45) is 11.7 Å². The van der Waals surface area contributed by atoms with Gasteiger partial charge in [0.2, 0.25) is 0 Å². The summed E-state index contributed by atoms with van der Waals surface area (Å²) in [5.41, 5.74) is 8.22. The molecule has 2 atom stereocenters. The van der Waals surface area contributed by atoms with Crippen LogP contribution in [0.15, 0.2) is 18.2 Å². The van der Waals surface area contributed by atoms with E-state index >= 15 is 0 Å². The molecular weight excluding hydrogens is 250 g/mol. The molecule has 0 aliphatic heterocycles. The topological polar surface area (TPSA) is 55.5 Å². The van der Waals surface area contributed by atoms with Crippen LogP contribution in [-0.2, 0) is 5.41 Å². The average molecular weight is 279 g/mol. The first kappa shape index (κ1) is 17.0. The van der Waals surface area contributed by atoms with Crippen LogP contribution in [0.25, 0.3) is 0 Å². The molecule has 2 unspecified atom stereocenters. The zero-order valence-electron chi connectivity index (χ0n) is 13.4. The Bertz CT molecular complexity index is 419. The largest absolute Gasteiger partial charge is 0.496 e. The summed E-state index contributed by atoms with van der Waals surface area (Å²) in [5, 5.41) is 9.29. The number of ether oxygens (including phenoxy) is 1. The second kappa shape index (κ2) is 7.09. The van der Waals surface area contributed by atoms with Gasteiger partial charge in [-0.2, -0.15) is 0 Å². The number of benzene rings is 1. The summed E-state index contributed by atoms with van der Waals surface area (Å²) in [4.78, 5) is 0. The van der Waals surface area contributed by atoms with Gasteiger partial charge >= 0.3 is 0 Å². The smallest absolute Gasteiger partial charge is 0.122 e. The van der Waals surface area contributed by atoms with E-state index in [1.807, 2.05) is 6.07 Å². The first-order chi connectivity index (χ1) is 9.33. The lowest BCUT2D eigenvalue weighted by atomic mass is 9.82. The summed E-state index contributed by atoms with van der Waals surface area (Å²) in [6, 6.07) is 6.39. The quantitative estimate of drug-likeness (QED) is 0.841. The Hall–Kier alpha value is -1.06. The van der Waals surface area contributed by atoms with E-state index in [9.17, 15) is 5.11 Å². The standard InChI is InChI=1S/C17H29NO2/c1-12(8-13(10-18)11-19)14-6-7-16(20-5)15(9-14)17(2,3)4/h6-7,9,12-13,19H,8,10-11,18H2,1-5H3. The summed E-state index contributed by atoms with van der Waals surface area (Å²) >= 11 is 0. The van der Waals surface area contributed by atoms with E-state index in [1.54, 1.807) is 7.11 Å². The van der Waals surface area contributed by atoms with E-state index in [0.29, 0.717) is 12.5 Å². The predicted octanol–water partition coefficient (Wildman–Crippen LogP) is 3.05. The highest BCUT2D eigenvalue weighted by Gasteiger charge is 2.21. The fourth-order valence-corrected chi connectivity index (χ4v) is 2.50. The highest BCUT2D eigenvalue weighted by molar-refractivity contribution is 5.42. The van der Waals surface area contributed by atoms with Gasteiger partial charge in [0.1, 0.15) is 5.75 Å². The monoisotopic (exact) mass is 279 g/mol. The Kier molecular flexibility index (Phi) is 6.03. The molecule has 0 radical (unpaired) electrons. The maximum absolute atomic E-state index is 9.29. The van der Waals surface area contributed by atoms with Gasteiger partial charge in [-0.1, -0.05) is 39.8 Å². The molecule has 0 aromatic heterocycles. The SMILES string of the molecule is COc1ccc(C(C)CC(CN)CO)cc1C(C)(C)C. The maximum Gasteiger partial charge on any atom is 0.122 e. The molecule has 0 aliphatic carbocycles. The molecule has 1 aromatic rings. The van der Waals surface area contributed by atoms with Gasteiger partial charge in [0, 0.05) is 6.61 Å². The van der Waals surface area contributed by atoms with Gasteiger partial charge in [0.05, 0.1) is 7.11 Å². The molecule has 0 heterocycles. The van der Waals surface area contributed by atoms with Crippen molar-refractivity contribution < 1.29 is 9.84 Å².